The van der Waals surface area contributed by atoms with Crippen molar-refractivity contribution in [3.05, 3.63) is 0 Å². The second-order valence-electron chi connectivity index (χ2n) is 7.49. The largest absolute Gasteiger partial charge is 0.480 e. The van der Waals surface area contributed by atoms with Crippen LogP contribution in [0.1, 0.15) is 104 Å². The monoisotopic (exact) mass is 393 g/mol. The first kappa shape index (κ1) is 27.9. The lowest BCUT2D eigenvalue weighted by Crippen LogP contribution is -2.66. The number of nitrogens with one attached hydrogen (secondary N) is 1. The maximum Gasteiger partial charge on any atom is 0.317 e. The van der Waals surface area contributed by atoms with Crippen molar-refractivity contribution in [2.75, 3.05) is 6.54 Å². The summed E-state index contributed by atoms with van der Waals surface area (Å²) in [6.45, 7) is 4.26. The van der Waals surface area contributed by atoms with Crippen LogP contribution in [0.5, 0.6) is 0 Å². The Morgan fingerprint density at radius 3 is 1.62 bits per heavy atom. The molecule has 0 saturated heterocycles. The Kier molecular flexibility index (Phi) is 19.3. The van der Waals surface area contributed by atoms with E-state index < -0.39 is 11.8 Å². The number of carboxylic acids is 1. The van der Waals surface area contributed by atoms with Gasteiger partial charge in [-0.05, 0) is 12.8 Å². The predicted octanol–water partition coefficient (Wildman–Crippen LogP) is 4.77. The Bertz CT molecular complexity index is 312. The quantitative estimate of drug-likeness (QED) is 0.198. The van der Waals surface area contributed by atoms with Gasteiger partial charge in [-0.25, -0.2) is 0 Å². The molecule has 0 aromatic carbocycles. The van der Waals surface area contributed by atoms with E-state index in [1.807, 2.05) is 0 Å². The van der Waals surface area contributed by atoms with E-state index in [1.165, 1.54) is 64.2 Å². The van der Waals surface area contributed by atoms with Crippen LogP contribution in [0, 0.1) is 5.92 Å². The van der Waals surface area contributed by atoms with Crippen molar-refractivity contribution in [3.63, 3.8) is 0 Å². The first-order chi connectivity index (χ1) is 11.9. The lowest BCUT2D eigenvalue weighted by atomic mass is 9.88. The highest BCUT2D eigenvalue weighted by Crippen LogP contribution is 2.23. The van der Waals surface area contributed by atoms with Gasteiger partial charge in [0.1, 0.15) is 5.79 Å². The Morgan fingerprint density at radius 2 is 1.23 bits per heavy atom. The van der Waals surface area contributed by atoms with Crippen molar-refractivity contribution in [3.8, 4) is 0 Å². The Hall–Kier alpha value is -0.360. The number of aliphatic carboxylic acids is 1. The molecular weight excluding hydrogens is 350 g/mol. The van der Waals surface area contributed by atoms with E-state index in [0.717, 1.165) is 25.7 Å². The zero-order chi connectivity index (χ0) is 19.0. The molecule has 5 nitrogen and oxygen atoms in total. The number of rotatable bonds is 18. The van der Waals surface area contributed by atoms with E-state index in [1.54, 1.807) is 0 Å². The minimum atomic E-state index is -1.09. The molecule has 0 aromatic heterocycles. The summed E-state index contributed by atoms with van der Waals surface area (Å²) in [4.78, 5) is 10.8. The second-order valence-corrected chi connectivity index (χ2v) is 7.49. The molecule has 26 heavy (non-hydrogen) atoms. The molecule has 6 N–H and O–H groups in total. The third kappa shape index (κ3) is 15.9. The van der Waals surface area contributed by atoms with Crippen LogP contribution in [0.2, 0.25) is 0 Å². The summed E-state index contributed by atoms with van der Waals surface area (Å²) in [5, 5.41) is 11.7. The van der Waals surface area contributed by atoms with Crippen LogP contribution in [0.3, 0.4) is 0 Å². The standard InChI is InChI=1S/C20H43N3O2.ClH/c1-3-5-7-9-11-13-15-18(16-14-12-10-8-6-4-2)20(21,22)23-17-19(24)25;/h18,23H,3-17,21-22H2,1-2H3,(H,24,25);1H. The fourth-order valence-corrected chi connectivity index (χ4v) is 3.34. The molecular formula is C20H44ClN3O2. The van der Waals surface area contributed by atoms with Crippen molar-refractivity contribution in [2.45, 2.75) is 110 Å². The van der Waals surface area contributed by atoms with Gasteiger partial charge in [0.2, 0.25) is 0 Å². The molecule has 0 radical (unpaired) electrons. The maximum atomic E-state index is 10.8. The number of halogens is 1. The van der Waals surface area contributed by atoms with E-state index in [0.29, 0.717) is 0 Å². The number of carboxylic acid groups (broad SMARTS) is 1. The molecule has 158 valence electrons. The first-order valence-corrected chi connectivity index (χ1v) is 10.5. The minimum absolute atomic E-state index is 0. The predicted molar refractivity (Wildman–Crippen MR) is 113 cm³/mol. The molecule has 0 aromatic rings. The molecule has 0 amide bonds. The summed E-state index contributed by atoms with van der Waals surface area (Å²) in [5.74, 6) is -1.88. The van der Waals surface area contributed by atoms with Crippen LogP contribution in [-0.2, 0) is 4.79 Å². The lowest BCUT2D eigenvalue weighted by molar-refractivity contribution is -0.136. The molecule has 6 heteroatoms. The van der Waals surface area contributed by atoms with Crippen LogP contribution < -0.4 is 16.8 Å². The third-order valence-electron chi connectivity index (χ3n) is 5.03. The highest BCUT2D eigenvalue weighted by molar-refractivity contribution is 5.85. The van der Waals surface area contributed by atoms with E-state index in [9.17, 15) is 4.79 Å². The molecule has 0 unspecified atom stereocenters. The topological polar surface area (TPSA) is 101 Å². The molecule has 0 heterocycles. The van der Waals surface area contributed by atoms with Crippen molar-refractivity contribution in [2.24, 2.45) is 17.4 Å². The van der Waals surface area contributed by atoms with Gasteiger partial charge in [0.25, 0.3) is 0 Å². The molecule has 0 rings (SSSR count). The number of unbranched alkanes of at least 4 members (excludes halogenated alkanes) is 10. The van der Waals surface area contributed by atoms with Gasteiger partial charge >= 0.3 is 5.97 Å². The number of carbonyl (C=O) groups is 1. The molecule has 0 spiro atoms. The molecule has 0 aliphatic carbocycles. The fraction of sp³-hybridized carbons (Fsp3) is 0.950. The van der Waals surface area contributed by atoms with Gasteiger partial charge in [-0.1, -0.05) is 90.9 Å². The van der Waals surface area contributed by atoms with Gasteiger partial charge in [-0.3, -0.25) is 10.1 Å². The van der Waals surface area contributed by atoms with Gasteiger partial charge in [0.15, 0.2) is 0 Å². The summed E-state index contributed by atoms with van der Waals surface area (Å²) in [6.07, 6.45) is 16.9. The van der Waals surface area contributed by atoms with Crippen molar-refractivity contribution in [1.29, 1.82) is 0 Å². The smallest absolute Gasteiger partial charge is 0.317 e. The molecule has 0 bridgehead atoms. The van der Waals surface area contributed by atoms with E-state index >= 15 is 0 Å². The number of hydrogen-bond acceptors (Lipinski definition) is 4. The number of hydrogen-bond donors (Lipinski definition) is 4. The van der Waals surface area contributed by atoms with Crippen LogP contribution >= 0.6 is 12.4 Å². The summed E-state index contributed by atoms with van der Waals surface area (Å²) < 4.78 is 0. The van der Waals surface area contributed by atoms with Crippen LogP contribution in [0.15, 0.2) is 0 Å². The summed E-state index contributed by atoms with van der Waals surface area (Å²) in [7, 11) is 0. The normalized spacial score (nSPS) is 11.6. The van der Waals surface area contributed by atoms with Gasteiger partial charge in [-0.2, -0.15) is 0 Å². The SMILES string of the molecule is CCCCCCCCC(CCCCCCCC)C(N)(N)NCC(=O)O.Cl. The zero-order valence-corrected chi connectivity index (χ0v) is 17.9. The molecule has 0 fully saturated rings. The van der Waals surface area contributed by atoms with Gasteiger partial charge in [0, 0.05) is 5.92 Å². The third-order valence-corrected chi connectivity index (χ3v) is 5.03. The summed E-state index contributed by atoms with van der Waals surface area (Å²) in [6, 6.07) is 0. The average Bonchev–Trinajstić information content (AvgIpc) is 2.57. The van der Waals surface area contributed by atoms with Gasteiger partial charge in [0.05, 0.1) is 6.54 Å². The Labute approximate surface area is 167 Å². The van der Waals surface area contributed by atoms with Gasteiger partial charge in [-0.15, -0.1) is 12.4 Å². The highest BCUT2D eigenvalue weighted by atomic mass is 35.5. The lowest BCUT2D eigenvalue weighted by Gasteiger charge is -2.35. The van der Waals surface area contributed by atoms with Gasteiger partial charge < -0.3 is 16.6 Å². The van der Waals surface area contributed by atoms with Crippen LogP contribution in [0.4, 0.5) is 0 Å². The van der Waals surface area contributed by atoms with E-state index in [-0.39, 0.29) is 24.9 Å². The number of nitrogens with two attached hydrogens (primary N) is 2. The summed E-state index contributed by atoms with van der Waals surface area (Å²) in [5.41, 5.74) is 12.5. The molecule has 0 aliphatic heterocycles. The minimum Gasteiger partial charge on any atom is -0.480 e. The molecule has 0 saturated carbocycles. The summed E-state index contributed by atoms with van der Waals surface area (Å²) >= 11 is 0. The Balaban J connectivity index is 0. The van der Waals surface area contributed by atoms with Crippen molar-refractivity contribution < 1.29 is 9.90 Å². The Morgan fingerprint density at radius 1 is 0.846 bits per heavy atom. The maximum absolute atomic E-state index is 10.8. The molecule has 0 atom stereocenters. The van der Waals surface area contributed by atoms with E-state index in [4.69, 9.17) is 16.6 Å². The van der Waals surface area contributed by atoms with Crippen molar-refractivity contribution in [1.82, 2.24) is 5.32 Å². The average molecular weight is 394 g/mol. The van der Waals surface area contributed by atoms with Crippen LogP contribution in [0.25, 0.3) is 0 Å². The van der Waals surface area contributed by atoms with Crippen LogP contribution in [-0.4, -0.2) is 23.4 Å². The van der Waals surface area contributed by atoms with E-state index in [2.05, 4.69) is 19.2 Å². The highest BCUT2D eigenvalue weighted by Gasteiger charge is 2.30. The second kappa shape index (κ2) is 18.0. The fourth-order valence-electron chi connectivity index (χ4n) is 3.34. The first-order valence-electron chi connectivity index (χ1n) is 10.5. The molecule has 0 aliphatic rings. The zero-order valence-electron chi connectivity index (χ0n) is 17.1. The van der Waals surface area contributed by atoms with Crippen molar-refractivity contribution >= 4 is 18.4 Å².